The van der Waals surface area contributed by atoms with E-state index in [1.807, 2.05) is 31.8 Å². The van der Waals surface area contributed by atoms with Crippen LogP contribution in [0.4, 0.5) is 0 Å². The van der Waals surface area contributed by atoms with Gasteiger partial charge >= 0.3 is 5.97 Å². The molecule has 0 unspecified atom stereocenters. The van der Waals surface area contributed by atoms with E-state index in [0.717, 1.165) is 54.9 Å². The Morgan fingerprint density at radius 3 is 2.90 bits per heavy atom. The molecule has 0 N–H and O–H groups in total. The third-order valence-electron chi connectivity index (χ3n) is 5.17. The molecule has 3 heterocycles. The number of hydrogen-bond acceptors (Lipinski definition) is 8. The lowest BCUT2D eigenvalue weighted by Crippen LogP contribution is -2.31. The highest BCUT2D eigenvalue weighted by molar-refractivity contribution is 7.00. The van der Waals surface area contributed by atoms with Gasteiger partial charge in [0, 0.05) is 43.9 Å². The number of carbonyl (C=O) groups excluding carboxylic acids is 1. The quantitative estimate of drug-likeness (QED) is 0.549. The molecule has 1 aliphatic heterocycles. The van der Waals surface area contributed by atoms with Crippen molar-refractivity contribution in [3.8, 4) is 0 Å². The number of likely N-dealkylation sites (N-methyl/N-ethyl adjacent to an activating group) is 1. The summed E-state index contributed by atoms with van der Waals surface area (Å²) in [5.41, 5.74) is 5.70. The van der Waals surface area contributed by atoms with E-state index in [0.29, 0.717) is 18.8 Å². The zero-order valence-corrected chi connectivity index (χ0v) is 17.9. The normalized spacial score (nSPS) is 14.5. The third-order valence-corrected chi connectivity index (χ3v) is 5.72. The van der Waals surface area contributed by atoms with E-state index in [4.69, 9.17) is 4.74 Å². The lowest BCUT2D eigenvalue weighted by Gasteiger charge is -2.27. The van der Waals surface area contributed by atoms with E-state index >= 15 is 0 Å². The monoisotopic (exact) mass is 414 g/mol. The van der Waals surface area contributed by atoms with Crippen molar-refractivity contribution in [3.05, 3.63) is 40.7 Å². The summed E-state index contributed by atoms with van der Waals surface area (Å²) in [6.45, 7) is 6.24. The SMILES string of the molecule is CCOC(=O)c1nn(CCN(C)C)c2c1CN(Cc1ccc3nsnc3c1)CC2. The van der Waals surface area contributed by atoms with Crippen molar-refractivity contribution in [2.75, 3.05) is 33.8 Å². The lowest BCUT2D eigenvalue weighted by molar-refractivity contribution is 0.0515. The van der Waals surface area contributed by atoms with E-state index in [-0.39, 0.29) is 5.97 Å². The van der Waals surface area contributed by atoms with Crippen LogP contribution in [0.1, 0.15) is 34.2 Å². The fraction of sp³-hybridized carbons (Fsp3) is 0.500. The molecule has 0 aliphatic carbocycles. The van der Waals surface area contributed by atoms with Crippen LogP contribution in [-0.4, -0.2) is 68.1 Å². The predicted octanol–water partition coefficient (Wildman–Crippen LogP) is 2.18. The second-order valence-corrected chi connectivity index (χ2v) is 8.10. The summed E-state index contributed by atoms with van der Waals surface area (Å²) in [6, 6.07) is 6.22. The predicted molar refractivity (Wildman–Crippen MR) is 112 cm³/mol. The van der Waals surface area contributed by atoms with Gasteiger partial charge in [0.2, 0.25) is 0 Å². The smallest absolute Gasteiger partial charge is 0.359 e. The Balaban J connectivity index is 1.56. The topological polar surface area (TPSA) is 76.4 Å². The molecule has 0 radical (unpaired) electrons. The lowest BCUT2D eigenvalue weighted by atomic mass is 10.0. The molecule has 154 valence electrons. The molecule has 0 saturated carbocycles. The molecule has 0 bridgehead atoms. The fourth-order valence-electron chi connectivity index (χ4n) is 3.71. The molecule has 2 aromatic heterocycles. The summed E-state index contributed by atoms with van der Waals surface area (Å²) in [5, 5.41) is 4.63. The van der Waals surface area contributed by atoms with Crippen LogP contribution in [0.2, 0.25) is 0 Å². The molecule has 0 atom stereocenters. The van der Waals surface area contributed by atoms with Gasteiger partial charge in [-0.2, -0.15) is 13.8 Å². The van der Waals surface area contributed by atoms with Crippen molar-refractivity contribution >= 4 is 28.7 Å². The average Bonchev–Trinajstić information content (AvgIpc) is 3.30. The van der Waals surface area contributed by atoms with Crippen LogP contribution in [0.5, 0.6) is 0 Å². The molecular formula is C20H26N6O2S. The Labute approximate surface area is 174 Å². The summed E-state index contributed by atoms with van der Waals surface area (Å²) in [7, 11) is 4.08. The Kier molecular flexibility index (Phi) is 5.89. The first-order valence-corrected chi connectivity index (χ1v) is 10.6. The summed E-state index contributed by atoms with van der Waals surface area (Å²) >= 11 is 1.24. The van der Waals surface area contributed by atoms with Gasteiger partial charge in [0.25, 0.3) is 0 Å². The second-order valence-electron chi connectivity index (χ2n) is 7.57. The number of carbonyl (C=O) groups is 1. The van der Waals surface area contributed by atoms with E-state index < -0.39 is 0 Å². The molecule has 4 rings (SSSR count). The Bertz CT molecular complexity index is 1010. The molecule has 0 spiro atoms. The van der Waals surface area contributed by atoms with Crippen molar-refractivity contribution < 1.29 is 9.53 Å². The molecule has 3 aromatic rings. The van der Waals surface area contributed by atoms with Crippen LogP contribution in [0, 0.1) is 0 Å². The minimum absolute atomic E-state index is 0.329. The minimum atomic E-state index is -0.329. The van der Waals surface area contributed by atoms with Gasteiger partial charge in [-0.3, -0.25) is 9.58 Å². The van der Waals surface area contributed by atoms with Crippen molar-refractivity contribution in [1.29, 1.82) is 0 Å². The summed E-state index contributed by atoms with van der Waals surface area (Å²) in [6.07, 6.45) is 0.871. The van der Waals surface area contributed by atoms with Gasteiger partial charge in [0.05, 0.1) is 24.9 Å². The van der Waals surface area contributed by atoms with Crippen molar-refractivity contribution in [2.45, 2.75) is 33.0 Å². The maximum absolute atomic E-state index is 12.5. The molecular weight excluding hydrogens is 388 g/mol. The summed E-state index contributed by atoms with van der Waals surface area (Å²) < 4.78 is 15.9. The standard InChI is InChI=1S/C20H26N6O2S/c1-4-28-20(27)19-15-13-25(8-7-18(15)26(21-19)10-9-24(2)3)12-14-5-6-16-17(11-14)23-29-22-16/h5-6,11H,4,7-10,12-13H2,1-3H3. The van der Waals surface area contributed by atoms with Crippen molar-refractivity contribution in [1.82, 2.24) is 28.3 Å². The number of benzene rings is 1. The second kappa shape index (κ2) is 8.56. The van der Waals surface area contributed by atoms with E-state index in [2.05, 4.69) is 35.8 Å². The Morgan fingerprint density at radius 2 is 2.10 bits per heavy atom. The molecule has 0 fully saturated rings. The van der Waals surface area contributed by atoms with Gasteiger partial charge in [-0.25, -0.2) is 4.79 Å². The van der Waals surface area contributed by atoms with Gasteiger partial charge in [-0.1, -0.05) is 6.07 Å². The van der Waals surface area contributed by atoms with Crippen molar-refractivity contribution in [3.63, 3.8) is 0 Å². The van der Waals surface area contributed by atoms with Crippen LogP contribution in [0.25, 0.3) is 11.0 Å². The van der Waals surface area contributed by atoms with Crippen LogP contribution in [-0.2, 0) is 30.8 Å². The molecule has 1 aliphatic rings. The zero-order chi connectivity index (χ0) is 20.4. The zero-order valence-electron chi connectivity index (χ0n) is 17.1. The third kappa shape index (κ3) is 4.31. The van der Waals surface area contributed by atoms with Crippen LogP contribution >= 0.6 is 11.7 Å². The van der Waals surface area contributed by atoms with Gasteiger partial charge in [0.15, 0.2) is 5.69 Å². The number of fused-ring (bicyclic) bond motifs is 2. The van der Waals surface area contributed by atoms with Gasteiger partial charge < -0.3 is 9.64 Å². The molecule has 1 aromatic carbocycles. The van der Waals surface area contributed by atoms with Gasteiger partial charge in [0.1, 0.15) is 11.0 Å². The van der Waals surface area contributed by atoms with Crippen LogP contribution in [0.3, 0.4) is 0 Å². The molecule has 9 heteroatoms. The number of nitrogens with zero attached hydrogens (tertiary/aromatic N) is 6. The first kappa shape index (κ1) is 19.9. The number of rotatable bonds is 7. The first-order valence-electron chi connectivity index (χ1n) is 9.89. The van der Waals surface area contributed by atoms with Gasteiger partial charge in [-0.05, 0) is 38.7 Å². The number of hydrogen-bond donors (Lipinski definition) is 0. The molecule has 29 heavy (non-hydrogen) atoms. The highest BCUT2D eigenvalue weighted by atomic mass is 32.1. The van der Waals surface area contributed by atoms with Crippen molar-refractivity contribution in [2.24, 2.45) is 0 Å². The highest BCUT2D eigenvalue weighted by Gasteiger charge is 2.28. The fourth-order valence-corrected chi connectivity index (χ4v) is 4.23. The van der Waals surface area contributed by atoms with Crippen LogP contribution < -0.4 is 0 Å². The Hall–Kier alpha value is -2.36. The number of esters is 1. The maximum atomic E-state index is 12.5. The Morgan fingerprint density at radius 1 is 1.28 bits per heavy atom. The number of ether oxygens (including phenoxy) is 1. The molecule has 8 nitrogen and oxygen atoms in total. The van der Waals surface area contributed by atoms with Crippen LogP contribution in [0.15, 0.2) is 18.2 Å². The summed E-state index contributed by atoms with van der Waals surface area (Å²) in [5.74, 6) is -0.329. The summed E-state index contributed by atoms with van der Waals surface area (Å²) in [4.78, 5) is 17.0. The molecule has 0 amide bonds. The first-order chi connectivity index (χ1) is 14.0. The van der Waals surface area contributed by atoms with E-state index in [1.54, 1.807) is 0 Å². The molecule has 0 saturated heterocycles. The maximum Gasteiger partial charge on any atom is 0.359 e. The minimum Gasteiger partial charge on any atom is -0.461 e. The number of aromatic nitrogens is 4. The largest absolute Gasteiger partial charge is 0.461 e. The van der Waals surface area contributed by atoms with Gasteiger partial charge in [-0.15, -0.1) is 0 Å². The highest BCUT2D eigenvalue weighted by Crippen LogP contribution is 2.25. The van der Waals surface area contributed by atoms with E-state index in [9.17, 15) is 4.79 Å². The average molecular weight is 415 g/mol. The van der Waals surface area contributed by atoms with E-state index in [1.165, 1.54) is 17.3 Å².